The third kappa shape index (κ3) is 2.22. The minimum absolute atomic E-state index is 0.306. The maximum Gasteiger partial charge on any atom is 0.154 e. The summed E-state index contributed by atoms with van der Waals surface area (Å²) in [7, 11) is 1.58. The van der Waals surface area contributed by atoms with Gasteiger partial charge in [0.15, 0.2) is 5.82 Å². The lowest BCUT2D eigenvalue weighted by Gasteiger charge is -2.11. The molecule has 1 aromatic carbocycles. The number of anilines is 1. The molecule has 2 N–H and O–H groups in total. The second kappa shape index (κ2) is 4.78. The van der Waals surface area contributed by atoms with E-state index in [-0.39, 0.29) is 0 Å². The molecule has 0 amide bonds. The molecule has 0 unspecified atom stereocenters. The summed E-state index contributed by atoms with van der Waals surface area (Å²) in [6, 6.07) is 3.59. The Labute approximate surface area is 110 Å². The molecular weight excluding hydrogens is 252 g/mol. The average molecular weight is 265 g/mol. The van der Waals surface area contributed by atoms with Gasteiger partial charge in [0.25, 0.3) is 0 Å². The minimum Gasteiger partial charge on any atom is -0.496 e. The molecule has 0 spiro atoms. The minimum atomic E-state index is 0.306. The lowest BCUT2D eigenvalue weighted by Crippen LogP contribution is -2.03. The van der Waals surface area contributed by atoms with Crippen LogP contribution in [0.3, 0.4) is 0 Å². The number of methoxy groups -OCH3 is 1. The highest BCUT2D eigenvalue weighted by molar-refractivity contribution is 6.31. The largest absolute Gasteiger partial charge is 0.496 e. The van der Waals surface area contributed by atoms with Crippen LogP contribution in [-0.4, -0.2) is 22.3 Å². The standard InChI is InChI=1S/C12H13ClN4O/c1-6-4-10(18-3)8(5-9(6)13)11-12(14)15-7(2)16-17-11/h4-5H,1-3H3,(H2,14,15,16). The van der Waals surface area contributed by atoms with Gasteiger partial charge in [0.2, 0.25) is 0 Å². The Bertz CT molecular complexity index is 601. The number of ether oxygens (including phenoxy) is 1. The molecule has 0 aliphatic rings. The van der Waals surface area contributed by atoms with Gasteiger partial charge in [-0.15, -0.1) is 10.2 Å². The fraction of sp³-hybridized carbons (Fsp3) is 0.250. The van der Waals surface area contributed by atoms with E-state index in [1.54, 1.807) is 20.1 Å². The molecule has 0 aliphatic carbocycles. The van der Waals surface area contributed by atoms with E-state index in [2.05, 4.69) is 15.2 Å². The van der Waals surface area contributed by atoms with Gasteiger partial charge in [-0.1, -0.05) is 11.6 Å². The van der Waals surface area contributed by atoms with E-state index in [0.29, 0.717) is 33.7 Å². The molecular formula is C12H13ClN4O. The number of hydrogen-bond acceptors (Lipinski definition) is 5. The number of halogens is 1. The molecule has 0 radical (unpaired) electrons. The summed E-state index contributed by atoms with van der Waals surface area (Å²) in [4.78, 5) is 4.08. The summed E-state index contributed by atoms with van der Waals surface area (Å²) in [5, 5.41) is 8.57. The van der Waals surface area contributed by atoms with E-state index in [4.69, 9.17) is 22.1 Å². The van der Waals surface area contributed by atoms with E-state index in [1.807, 2.05) is 13.0 Å². The Morgan fingerprint density at radius 1 is 1.22 bits per heavy atom. The van der Waals surface area contributed by atoms with Crippen LogP contribution in [0.2, 0.25) is 5.02 Å². The van der Waals surface area contributed by atoms with Crippen LogP contribution in [0.15, 0.2) is 12.1 Å². The normalized spacial score (nSPS) is 10.4. The van der Waals surface area contributed by atoms with Crippen molar-refractivity contribution >= 4 is 17.4 Å². The lowest BCUT2D eigenvalue weighted by atomic mass is 10.1. The van der Waals surface area contributed by atoms with Crippen molar-refractivity contribution in [3.05, 3.63) is 28.5 Å². The molecule has 5 nitrogen and oxygen atoms in total. The van der Waals surface area contributed by atoms with Gasteiger partial charge in [0.05, 0.1) is 7.11 Å². The number of rotatable bonds is 2. The summed E-state index contributed by atoms with van der Waals surface area (Å²) < 4.78 is 5.31. The van der Waals surface area contributed by atoms with Crippen LogP contribution in [0, 0.1) is 13.8 Å². The Morgan fingerprint density at radius 2 is 1.94 bits per heavy atom. The second-order valence-electron chi connectivity index (χ2n) is 3.89. The van der Waals surface area contributed by atoms with Gasteiger partial charge in [-0.3, -0.25) is 0 Å². The van der Waals surface area contributed by atoms with Crippen molar-refractivity contribution in [1.29, 1.82) is 0 Å². The number of nitrogen functional groups attached to an aromatic ring is 1. The number of nitrogens with two attached hydrogens (primary N) is 1. The highest BCUT2D eigenvalue weighted by Crippen LogP contribution is 2.35. The van der Waals surface area contributed by atoms with Gasteiger partial charge < -0.3 is 10.5 Å². The Morgan fingerprint density at radius 3 is 2.56 bits per heavy atom. The summed E-state index contributed by atoms with van der Waals surface area (Å²) in [6.07, 6.45) is 0. The maximum atomic E-state index is 6.11. The van der Waals surface area contributed by atoms with E-state index >= 15 is 0 Å². The van der Waals surface area contributed by atoms with Gasteiger partial charge in [0, 0.05) is 10.6 Å². The second-order valence-corrected chi connectivity index (χ2v) is 4.30. The lowest BCUT2D eigenvalue weighted by molar-refractivity contribution is 0.416. The third-order valence-electron chi connectivity index (χ3n) is 2.56. The van der Waals surface area contributed by atoms with Crippen LogP contribution in [0.4, 0.5) is 5.82 Å². The van der Waals surface area contributed by atoms with Gasteiger partial charge in [0.1, 0.15) is 17.3 Å². The fourth-order valence-corrected chi connectivity index (χ4v) is 1.79. The summed E-state index contributed by atoms with van der Waals surface area (Å²) in [5.74, 6) is 1.47. The highest BCUT2D eigenvalue weighted by Gasteiger charge is 2.14. The Hall–Kier alpha value is -1.88. The molecule has 0 saturated carbocycles. The SMILES string of the molecule is COc1cc(C)c(Cl)cc1-c1nnc(C)nc1N. The van der Waals surface area contributed by atoms with Gasteiger partial charge in [-0.05, 0) is 31.5 Å². The number of benzene rings is 1. The van der Waals surface area contributed by atoms with Crippen molar-refractivity contribution in [3.63, 3.8) is 0 Å². The smallest absolute Gasteiger partial charge is 0.154 e. The molecule has 0 atom stereocenters. The molecule has 0 fully saturated rings. The van der Waals surface area contributed by atoms with Crippen LogP contribution in [0.5, 0.6) is 5.75 Å². The molecule has 0 saturated heterocycles. The van der Waals surface area contributed by atoms with Gasteiger partial charge in [-0.25, -0.2) is 4.98 Å². The summed E-state index contributed by atoms with van der Waals surface area (Å²) in [6.45, 7) is 3.63. The van der Waals surface area contributed by atoms with Crippen molar-refractivity contribution in [2.75, 3.05) is 12.8 Å². The molecule has 94 valence electrons. The topological polar surface area (TPSA) is 73.9 Å². The molecule has 2 rings (SSSR count). The van der Waals surface area contributed by atoms with Crippen molar-refractivity contribution in [1.82, 2.24) is 15.2 Å². The molecule has 1 aromatic heterocycles. The first-order valence-electron chi connectivity index (χ1n) is 5.34. The number of aromatic nitrogens is 3. The van der Waals surface area contributed by atoms with Crippen LogP contribution in [-0.2, 0) is 0 Å². The van der Waals surface area contributed by atoms with E-state index < -0.39 is 0 Å². The van der Waals surface area contributed by atoms with Crippen molar-refractivity contribution in [2.24, 2.45) is 0 Å². The molecule has 0 bridgehead atoms. The number of hydrogen-bond donors (Lipinski definition) is 1. The predicted octanol–water partition coefficient (Wildman–Crippen LogP) is 2.40. The first kappa shape index (κ1) is 12.6. The zero-order chi connectivity index (χ0) is 13.3. The first-order valence-corrected chi connectivity index (χ1v) is 5.72. The quantitative estimate of drug-likeness (QED) is 0.902. The monoisotopic (exact) mass is 264 g/mol. The molecule has 6 heteroatoms. The molecule has 2 aromatic rings. The zero-order valence-electron chi connectivity index (χ0n) is 10.4. The molecule has 1 heterocycles. The van der Waals surface area contributed by atoms with Crippen molar-refractivity contribution in [3.8, 4) is 17.0 Å². The average Bonchev–Trinajstić information content (AvgIpc) is 2.32. The zero-order valence-corrected chi connectivity index (χ0v) is 11.1. The van der Waals surface area contributed by atoms with Crippen LogP contribution < -0.4 is 10.5 Å². The fourth-order valence-electron chi connectivity index (χ4n) is 1.62. The van der Waals surface area contributed by atoms with Crippen molar-refractivity contribution in [2.45, 2.75) is 13.8 Å². The van der Waals surface area contributed by atoms with Gasteiger partial charge >= 0.3 is 0 Å². The van der Waals surface area contributed by atoms with E-state index in [9.17, 15) is 0 Å². The van der Waals surface area contributed by atoms with Gasteiger partial charge in [-0.2, -0.15) is 0 Å². The summed E-state index contributed by atoms with van der Waals surface area (Å²) in [5.41, 5.74) is 7.93. The predicted molar refractivity (Wildman–Crippen MR) is 70.7 cm³/mol. The van der Waals surface area contributed by atoms with E-state index in [1.165, 1.54) is 0 Å². The Balaban J connectivity index is 2.66. The maximum absolute atomic E-state index is 6.11. The van der Waals surface area contributed by atoms with Crippen LogP contribution in [0.25, 0.3) is 11.3 Å². The third-order valence-corrected chi connectivity index (χ3v) is 2.96. The van der Waals surface area contributed by atoms with E-state index in [0.717, 1.165) is 5.56 Å². The first-order chi connectivity index (χ1) is 8.52. The molecule has 18 heavy (non-hydrogen) atoms. The van der Waals surface area contributed by atoms with Crippen LogP contribution in [0.1, 0.15) is 11.4 Å². The van der Waals surface area contributed by atoms with Crippen LogP contribution >= 0.6 is 11.6 Å². The molecule has 0 aliphatic heterocycles. The van der Waals surface area contributed by atoms with Crippen molar-refractivity contribution < 1.29 is 4.74 Å². The highest BCUT2D eigenvalue weighted by atomic mass is 35.5. The Kier molecular flexibility index (Phi) is 3.34. The number of nitrogens with zero attached hydrogens (tertiary/aromatic N) is 3. The summed E-state index contributed by atoms with van der Waals surface area (Å²) >= 11 is 6.11. The number of aryl methyl sites for hydroxylation is 2.